The lowest BCUT2D eigenvalue weighted by Gasteiger charge is -2.08. The smallest absolute Gasteiger partial charge is 0.261 e. The number of halogens is 3. The van der Waals surface area contributed by atoms with Crippen LogP contribution < -0.4 is 0 Å². The molecular weight excluding hydrogens is 203 g/mol. The monoisotopic (exact) mass is 215 g/mol. The number of rotatable bonds is 2. The Kier molecular flexibility index (Phi) is 3.50. The van der Waals surface area contributed by atoms with Crippen molar-refractivity contribution in [2.24, 2.45) is 4.99 Å². The first kappa shape index (κ1) is 11.8. The Morgan fingerprint density at radius 3 is 2.53 bits per heavy atom. The molecule has 0 unspecified atom stereocenters. The van der Waals surface area contributed by atoms with E-state index in [2.05, 4.69) is 4.99 Å². The average molecular weight is 215 g/mol. The third kappa shape index (κ3) is 3.08. The molecule has 15 heavy (non-hydrogen) atoms. The van der Waals surface area contributed by atoms with E-state index in [0.29, 0.717) is 12.1 Å². The van der Waals surface area contributed by atoms with E-state index in [1.54, 1.807) is 13.1 Å². The molecule has 0 bridgehead atoms. The van der Waals surface area contributed by atoms with Crippen molar-refractivity contribution in [2.45, 2.75) is 26.4 Å². The summed E-state index contributed by atoms with van der Waals surface area (Å²) in [4.78, 5) is 3.97. The fraction of sp³-hybridized carbons (Fsp3) is 0.364. The van der Waals surface area contributed by atoms with Gasteiger partial charge in [-0.05, 0) is 31.0 Å². The first-order valence-electron chi connectivity index (χ1n) is 4.65. The number of aryl methyl sites for hydroxylation is 1. The molecule has 0 amide bonds. The lowest BCUT2D eigenvalue weighted by atomic mass is 10.1. The highest BCUT2D eigenvalue weighted by molar-refractivity contribution is 5.64. The van der Waals surface area contributed by atoms with Gasteiger partial charge in [0.1, 0.15) is 0 Å². The number of hydrogen-bond acceptors (Lipinski definition) is 1. The second-order valence-corrected chi connectivity index (χ2v) is 3.22. The summed E-state index contributed by atoms with van der Waals surface area (Å²) in [6.45, 7) is 3.62. The summed E-state index contributed by atoms with van der Waals surface area (Å²) in [5.74, 6) is 0. The van der Waals surface area contributed by atoms with E-state index in [-0.39, 0.29) is 0 Å². The zero-order chi connectivity index (χ0) is 11.5. The highest BCUT2D eigenvalue weighted by atomic mass is 19.4. The molecule has 0 aliphatic rings. The Balaban J connectivity index is 3.11. The topological polar surface area (TPSA) is 12.4 Å². The molecule has 0 saturated heterocycles. The number of hydrogen-bond donors (Lipinski definition) is 0. The van der Waals surface area contributed by atoms with E-state index in [1.165, 1.54) is 6.07 Å². The maximum Gasteiger partial charge on any atom is 0.416 e. The minimum atomic E-state index is -4.30. The molecule has 1 rings (SSSR count). The molecule has 1 nitrogen and oxygen atoms in total. The Morgan fingerprint density at radius 2 is 2.00 bits per heavy atom. The summed E-state index contributed by atoms with van der Waals surface area (Å²) >= 11 is 0. The zero-order valence-corrected chi connectivity index (χ0v) is 8.60. The lowest BCUT2D eigenvalue weighted by molar-refractivity contribution is -0.137. The second-order valence-electron chi connectivity index (χ2n) is 3.22. The Bertz CT molecular complexity index is 367. The summed E-state index contributed by atoms with van der Waals surface area (Å²) in [6, 6.07) is 3.58. The van der Waals surface area contributed by atoms with Crippen LogP contribution in [0.25, 0.3) is 0 Å². The highest BCUT2D eigenvalue weighted by Gasteiger charge is 2.30. The van der Waals surface area contributed by atoms with Crippen LogP contribution in [0.1, 0.15) is 24.5 Å². The van der Waals surface area contributed by atoms with Gasteiger partial charge < -0.3 is 0 Å². The molecule has 0 saturated carbocycles. The van der Waals surface area contributed by atoms with Gasteiger partial charge in [0.05, 0.1) is 11.3 Å². The Labute approximate surface area is 86.6 Å². The maximum atomic E-state index is 12.4. The maximum absolute atomic E-state index is 12.4. The highest BCUT2D eigenvalue weighted by Crippen LogP contribution is 2.32. The van der Waals surface area contributed by atoms with Crippen LogP contribution in [0, 0.1) is 6.92 Å². The van der Waals surface area contributed by atoms with Crippen LogP contribution in [0.15, 0.2) is 23.2 Å². The molecule has 0 aliphatic carbocycles. The van der Waals surface area contributed by atoms with Gasteiger partial charge in [-0.15, -0.1) is 0 Å². The van der Waals surface area contributed by atoms with Gasteiger partial charge >= 0.3 is 6.18 Å². The molecule has 0 N–H and O–H groups in total. The van der Waals surface area contributed by atoms with Gasteiger partial charge in [-0.3, -0.25) is 4.99 Å². The Morgan fingerprint density at radius 1 is 1.33 bits per heavy atom. The predicted molar refractivity (Wildman–Crippen MR) is 54.6 cm³/mol. The summed E-state index contributed by atoms with van der Waals surface area (Å²) in [5, 5.41) is 0. The molecule has 0 atom stereocenters. The van der Waals surface area contributed by atoms with E-state index in [1.807, 2.05) is 6.92 Å². The van der Waals surface area contributed by atoms with Gasteiger partial charge in [-0.25, -0.2) is 0 Å². The van der Waals surface area contributed by atoms with Crippen molar-refractivity contribution >= 4 is 11.9 Å². The van der Waals surface area contributed by atoms with Crippen molar-refractivity contribution in [3.8, 4) is 0 Å². The van der Waals surface area contributed by atoms with E-state index in [0.717, 1.165) is 17.7 Å². The normalized spacial score (nSPS) is 12.3. The van der Waals surface area contributed by atoms with E-state index >= 15 is 0 Å². The quantitative estimate of drug-likeness (QED) is 0.658. The standard InChI is InChI=1S/C11H12F3N/c1-3-6-15-10-7-9(11(12,13)14)5-4-8(10)2/h4-7H,3H2,1-2H3/b15-6-. The molecule has 0 fully saturated rings. The van der Waals surface area contributed by atoms with Crippen molar-refractivity contribution in [2.75, 3.05) is 0 Å². The van der Waals surface area contributed by atoms with Crippen molar-refractivity contribution in [1.82, 2.24) is 0 Å². The number of benzene rings is 1. The SMILES string of the molecule is CC/C=N\c1cc(C(F)(F)F)ccc1C. The molecule has 82 valence electrons. The second kappa shape index (κ2) is 4.47. The van der Waals surface area contributed by atoms with Crippen LogP contribution in [0.2, 0.25) is 0 Å². The number of aliphatic imine (C=N–C) groups is 1. The average Bonchev–Trinajstić information content (AvgIpc) is 2.15. The minimum Gasteiger partial charge on any atom is -0.261 e. The van der Waals surface area contributed by atoms with E-state index < -0.39 is 11.7 Å². The molecule has 0 heterocycles. The minimum absolute atomic E-state index is 0.381. The fourth-order valence-corrected chi connectivity index (χ4v) is 1.11. The zero-order valence-electron chi connectivity index (χ0n) is 8.60. The van der Waals surface area contributed by atoms with Gasteiger partial charge in [0.2, 0.25) is 0 Å². The predicted octanol–water partition coefficient (Wildman–Crippen LogP) is 4.13. The fourth-order valence-electron chi connectivity index (χ4n) is 1.11. The Hall–Kier alpha value is -1.32. The van der Waals surface area contributed by atoms with Crippen molar-refractivity contribution < 1.29 is 13.2 Å². The summed E-state index contributed by atoms with van der Waals surface area (Å²) in [7, 11) is 0. The molecule has 0 spiro atoms. The van der Waals surface area contributed by atoms with Crippen LogP contribution in [-0.4, -0.2) is 6.21 Å². The first-order valence-corrected chi connectivity index (χ1v) is 4.65. The lowest BCUT2D eigenvalue weighted by Crippen LogP contribution is -2.04. The van der Waals surface area contributed by atoms with Crippen molar-refractivity contribution in [3.05, 3.63) is 29.3 Å². The van der Waals surface area contributed by atoms with Crippen LogP contribution in [0.4, 0.5) is 18.9 Å². The third-order valence-corrected chi connectivity index (χ3v) is 1.95. The van der Waals surface area contributed by atoms with Gasteiger partial charge in [0.25, 0.3) is 0 Å². The van der Waals surface area contributed by atoms with E-state index in [4.69, 9.17) is 0 Å². The molecule has 0 radical (unpaired) electrons. The summed E-state index contributed by atoms with van der Waals surface area (Å²) < 4.78 is 37.1. The van der Waals surface area contributed by atoms with Crippen LogP contribution in [0.5, 0.6) is 0 Å². The van der Waals surface area contributed by atoms with E-state index in [9.17, 15) is 13.2 Å². The van der Waals surface area contributed by atoms with Crippen LogP contribution in [0.3, 0.4) is 0 Å². The molecule has 1 aromatic carbocycles. The van der Waals surface area contributed by atoms with Gasteiger partial charge in [0.15, 0.2) is 0 Å². The van der Waals surface area contributed by atoms with Crippen molar-refractivity contribution in [1.29, 1.82) is 0 Å². The van der Waals surface area contributed by atoms with Gasteiger partial charge in [-0.2, -0.15) is 13.2 Å². The molecule has 4 heteroatoms. The van der Waals surface area contributed by atoms with Gasteiger partial charge in [-0.1, -0.05) is 13.0 Å². The largest absolute Gasteiger partial charge is 0.416 e. The van der Waals surface area contributed by atoms with Crippen molar-refractivity contribution in [3.63, 3.8) is 0 Å². The van der Waals surface area contributed by atoms with Crippen LogP contribution in [-0.2, 0) is 6.18 Å². The number of nitrogens with zero attached hydrogens (tertiary/aromatic N) is 1. The summed E-state index contributed by atoms with van der Waals surface area (Å²) in [5.41, 5.74) is 0.468. The summed E-state index contributed by atoms with van der Waals surface area (Å²) in [6.07, 6.45) is -2.00. The van der Waals surface area contributed by atoms with Gasteiger partial charge in [0, 0.05) is 6.21 Å². The number of alkyl halides is 3. The molecular formula is C11H12F3N. The molecule has 1 aromatic rings. The van der Waals surface area contributed by atoms with Crippen LogP contribution >= 0.6 is 0 Å². The first-order chi connectivity index (χ1) is 6.95. The molecule has 0 aromatic heterocycles. The third-order valence-electron chi connectivity index (χ3n) is 1.95. The molecule has 0 aliphatic heterocycles.